The number of benzene rings is 1. The third-order valence-corrected chi connectivity index (χ3v) is 5.87. The van der Waals surface area contributed by atoms with Crippen LogP contribution in [-0.4, -0.2) is 46.2 Å². The van der Waals surface area contributed by atoms with Crippen LogP contribution in [0.4, 0.5) is 0 Å². The highest BCUT2D eigenvalue weighted by Crippen LogP contribution is 2.22. The number of nitrogens with zero attached hydrogens (tertiary/aromatic N) is 3. The van der Waals surface area contributed by atoms with Crippen LogP contribution in [0.15, 0.2) is 41.8 Å². The molecule has 148 valence electrons. The maximum Gasteiger partial charge on any atom is 0.221 e. The van der Waals surface area contributed by atoms with Gasteiger partial charge in [0.1, 0.15) is 0 Å². The molecule has 0 aliphatic rings. The molecule has 2 heterocycles. The Morgan fingerprint density at radius 2 is 2.18 bits per heavy atom. The minimum absolute atomic E-state index is 0.00157. The molecule has 0 aliphatic carbocycles. The molecule has 0 radical (unpaired) electrons. The van der Waals surface area contributed by atoms with Crippen LogP contribution in [0.1, 0.15) is 22.9 Å². The minimum Gasteiger partial charge on any atom is -0.354 e. The number of H-pyrrole nitrogens is 1. The number of rotatable bonds is 8. The quantitative estimate of drug-likeness (QED) is 0.550. The van der Waals surface area contributed by atoms with Crippen molar-refractivity contribution in [3.63, 3.8) is 0 Å². The summed E-state index contributed by atoms with van der Waals surface area (Å²) in [6.45, 7) is 3.10. The van der Waals surface area contributed by atoms with Crippen LogP contribution in [0, 0.1) is 11.7 Å². The van der Waals surface area contributed by atoms with Gasteiger partial charge in [-0.1, -0.05) is 29.8 Å². The summed E-state index contributed by atoms with van der Waals surface area (Å²) in [5.41, 5.74) is 2.14. The van der Waals surface area contributed by atoms with Crippen molar-refractivity contribution in [1.82, 2.24) is 25.0 Å². The molecule has 0 fully saturated rings. The second kappa shape index (κ2) is 9.27. The molecule has 1 atom stereocenters. The zero-order valence-electron chi connectivity index (χ0n) is 16.3. The molecule has 0 bridgehead atoms. The summed E-state index contributed by atoms with van der Waals surface area (Å²) in [6, 6.07) is 12.4. The maximum absolute atomic E-state index is 12.4. The number of carbonyl (C=O) groups excluding carboxylic acids is 1. The number of aromatic nitrogens is 3. The zero-order valence-corrected chi connectivity index (χ0v) is 17.9. The Balaban J connectivity index is 1.62. The molecule has 0 spiro atoms. The highest BCUT2D eigenvalue weighted by Gasteiger charge is 2.17. The van der Waals surface area contributed by atoms with Gasteiger partial charge in [0.25, 0.3) is 0 Å². The summed E-state index contributed by atoms with van der Waals surface area (Å²) >= 11 is 7.06. The van der Waals surface area contributed by atoms with Crippen LogP contribution < -0.4 is 5.32 Å². The Labute approximate surface area is 174 Å². The number of thiophene rings is 1. The summed E-state index contributed by atoms with van der Waals surface area (Å²) in [5.74, 6) is 0.757. The largest absolute Gasteiger partial charge is 0.354 e. The average molecular weight is 416 g/mol. The number of aryl methyl sites for hydroxylation is 1. The van der Waals surface area contributed by atoms with Crippen LogP contribution in [-0.2, 0) is 11.3 Å². The van der Waals surface area contributed by atoms with Crippen LogP contribution in [0.5, 0.6) is 0 Å². The normalized spacial score (nSPS) is 12.3. The molecular weight excluding hydrogens is 390 g/mol. The van der Waals surface area contributed by atoms with E-state index in [0.29, 0.717) is 24.3 Å². The fraction of sp³-hybridized carbons (Fsp3) is 0.350. The van der Waals surface area contributed by atoms with Crippen molar-refractivity contribution < 1.29 is 4.79 Å². The molecule has 0 saturated carbocycles. The first-order valence-electron chi connectivity index (χ1n) is 9.14. The second-order valence-electron chi connectivity index (χ2n) is 6.92. The van der Waals surface area contributed by atoms with Crippen molar-refractivity contribution in [2.75, 3.05) is 20.6 Å². The summed E-state index contributed by atoms with van der Waals surface area (Å²) < 4.78 is 2.40. The monoisotopic (exact) mass is 415 g/mol. The number of nitrogens with one attached hydrogen (secondary N) is 2. The molecule has 0 aliphatic heterocycles. The van der Waals surface area contributed by atoms with Crippen molar-refractivity contribution in [2.24, 2.45) is 0 Å². The molecule has 1 amide bonds. The Hall–Kier alpha value is -2.29. The van der Waals surface area contributed by atoms with Crippen molar-refractivity contribution in [3.05, 3.63) is 57.0 Å². The second-order valence-corrected chi connectivity index (χ2v) is 8.29. The summed E-state index contributed by atoms with van der Waals surface area (Å²) in [7, 11) is 4.05. The number of likely N-dealkylation sites (N-methyl/N-ethyl adjacent to an activating group) is 1. The van der Waals surface area contributed by atoms with Gasteiger partial charge < -0.3 is 10.2 Å². The number of carbonyl (C=O) groups is 1. The number of hydrogen-bond donors (Lipinski definition) is 2. The Morgan fingerprint density at radius 1 is 1.36 bits per heavy atom. The molecule has 1 aromatic carbocycles. The van der Waals surface area contributed by atoms with E-state index in [1.165, 1.54) is 4.88 Å². The summed E-state index contributed by atoms with van der Waals surface area (Å²) in [4.78, 5) is 15.8. The number of aromatic amines is 1. The highest BCUT2D eigenvalue weighted by molar-refractivity contribution is 7.71. The topological polar surface area (TPSA) is 66.0 Å². The average Bonchev–Trinajstić information content (AvgIpc) is 3.30. The first-order chi connectivity index (χ1) is 13.5. The molecule has 8 heteroatoms. The van der Waals surface area contributed by atoms with E-state index < -0.39 is 0 Å². The van der Waals surface area contributed by atoms with Crippen LogP contribution in [0.25, 0.3) is 11.4 Å². The third-order valence-electron chi connectivity index (χ3n) is 4.58. The van der Waals surface area contributed by atoms with Crippen molar-refractivity contribution in [1.29, 1.82) is 0 Å². The van der Waals surface area contributed by atoms with Gasteiger partial charge in [-0.2, -0.15) is 5.10 Å². The first-order valence-corrected chi connectivity index (χ1v) is 10.4. The van der Waals surface area contributed by atoms with E-state index in [4.69, 9.17) is 12.2 Å². The Kier molecular flexibility index (Phi) is 6.77. The van der Waals surface area contributed by atoms with E-state index in [9.17, 15) is 4.79 Å². The van der Waals surface area contributed by atoms with Gasteiger partial charge in [-0.25, -0.2) is 0 Å². The Bertz CT molecular complexity index is 975. The van der Waals surface area contributed by atoms with E-state index in [-0.39, 0.29) is 11.9 Å². The third kappa shape index (κ3) is 4.95. The molecular formula is C20H25N5OS2. The van der Waals surface area contributed by atoms with E-state index in [2.05, 4.69) is 37.9 Å². The van der Waals surface area contributed by atoms with Gasteiger partial charge in [0.05, 0.1) is 6.04 Å². The molecule has 0 saturated heterocycles. The van der Waals surface area contributed by atoms with Gasteiger partial charge in [-0.05, 0) is 50.7 Å². The van der Waals surface area contributed by atoms with Crippen molar-refractivity contribution >= 4 is 29.5 Å². The Morgan fingerprint density at radius 3 is 2.86 bits per heavy atom. The lowest BCUT2D eigenvalue weighted by Gasteiger charge is -2.23. The molecule has 3 rings (SSSR count). The summed E-state index contributed by atoms with van der Waals surface area (Å²) in [5, 5.41) is 12.3. The summed E-state index contributed by atoms with van der Waals surface area (Å²) in [6.07, 6.45) is 0.344. The van der Waals surface area contributed by atoms with Crippen molar-refractivity contribution in [2.45, 2.75) is 25.9 Å². The highest BCUT2D eigenvalue weighted by atomic mass is 32.1. The van der Waals surface area contributed by atoms with Gasteiger partial charge >= 0.3 is 0 Å². The van der Waals surface area contributed by atoms with Gasteiger partial charge in [-0.3, -0.25) is 14.5 Å². The minimum atomic E-state index is 0.00157. The van der Waals surface area contributed by atoms with Crippen LogP contribution >= 0.6 is 23.6 Å². The van der Waals surface area contributed by atoms with Crippen LogP contribution in [0.3, 0.4) is 0 Å². The van der Waals surface area contributed by atoms with E-state index in [0.717, 1.165) is 17.0 Å². The lowest BCUT2D eigenvalue weighted by Crippen LogP contribution is -2.34. The molecule has 3 aromatic rings. The van der Waals surface area contributed by atoms with Gasteiger partial charge in [0, 0.05) is 30.0 Å². The lowest BCUT2D eigenvalue weighted by molar-refractivity contribution is -0.121. The molecule has 1 unspecified atom stereocenters. The molecule has 6 nitrogen and oxygen atoms in total. The smallest absolute Gasteiger partial charge is 0.221 e. The molecule has 2 N–H and O–H groups in total. The number of amides is 1. The number of hydrogen-bond acceptors (Lipinski definition) is 5. The van der Waals surface area contributed by atoms with Gasteiger partial charge in [0.2, 0.25) is 5.91 Å². The van der Waals surface area contributed by atoms with E-state index in [1.807, 2.05) is 49.9 Å². The van der Waals surface area contributed by atoms with Crippen LogP contribution in [0.2, 0.25) is 0 Å². The van der Waals surface area contributed by atoms with E-state index in [1.54, 1.807) is 11.3 Å². The predicted octanol–water partition coefficient (Wildman–Crippen LogP) is 3.79. The lowest BCUT2D eigenvalue weighted by atomic mass is 10.1. The molecule has 2 aromatic heterocycles. The maximum atomic E-state index is 12.4. The predicted molar refractivity (Wildman–Crippen MR) is 116 cm³/mol. The standard InChI is InChI=1S/C20H25N5OS2/c1-14-6-4-7-15(12-14)19-22-23-20(27)25(19)10-9-18(26)21-13-16(24(2)3)17-8-5-11-28-17/h4-8,11-12,16H,9-10,13H2,1-3H3,(H,21,26)(H,23,27). The fourth-order valence-corrected chi connectivity index (χ4v) is 4.21. The molecule has 28 heavy (non-hydrogen) atoms. The van der Waals surface area contributed by atoms with E-state index >= 15 is 0 Å². The first kappa shape index (κ1) is 20.4. The van der Waals surface area contributed by atoms with Gasteiger partial charge in [0.15, 0.2) is 10.6 Å². The van der Waals surface area contributed by atoms with Gasteiger partial charge in [-0.15, -0.1) is 11.3 Å². The SMILES string of the molecule is Cc1cccc(-c2n[nH]c(=S)n2CCC(=O)NCC(c2cccs2)N(C)C)c1. The van der Waals surface area contributed by atoms with Crippen molar-refractivity contribution in [3.8, 4) is 11.4 Å². The zero-order chi connectivity index (χ0) is 20.1. The fourth-order valence-electron chi connectivity index (χ4n) is 3.06.